The zero-order valence-electron chi connectivity index (χ0n) is 12.1. The number of benzene rings is 1. The second-order valence-electron chi connectivity index (χ2n) is 7.22. The largest absolute Gasteiger partial charge is 0.380 e. The molecular weight excluding hydrogens is 357 g/mol. The van der Waals surface area contributed by atoms with Crippen LogP contribution in [0.5, 0.6) is 0 Å². The average molecular weight is 377 g/mol. The summed E-state index contributed by atoms with van der Waals surface area (Å²) in [4.78, 5) is 0. The number of fused-ring (bicyclic) bond motifs is 2. The molecule has 2 aliphatic rings. The minimum atomic E-state index is 0.301. The Morgan fingerprint density at radius 1 is 1.20 bits per heavy atom. The summed E-state index contributed by atoms with van der Waals surface area (Å²) in [6, 6.07) is 4.42. The highest BCUT2D eigenvalue weighted by atomic mass is 79.9. The second kappa shape index (κ2) is 4.79. The second-order valence-corrected chi connectivity index (χ2v) is 8.83. The molecule has 0 radical (unpaired) electrons. The summed E-state index contributed by atoms with van der Waals surface area (Å²) in [6.45, 7) is 7.18. The Morgan fingerprint density at radius 3 is 2.50 bits per heavy atom. The maximum Gasteiger partial charge on any atom is 0.0835 e. The van der Waals surface area contributed by atoms with Crippen molar-refractivity contribution in [2.45, 2.75) is 46.1 Å². The number of anilines is 1. The molecule has 4 heteroatoms. The molecule has 0 spiro atoms. The Morgan fingerprint density at radius 2 is 1.90 bits per heavy atom. The first kappa shape index (κ1) is 15.0. The van der Waals surface area contributed by atoms with Crippen molar-refractivity contribution in [3.05, 3.63) is 26.7 Å². The Kier molecular flexibility index (Phi) is 3.59. The van der Waals surface area contributed by atoms with Crippen molar-refractivity contribution in [3.63, 3.8) is 0 Å². The molecular formula is C16H20BrCl2N. The molecule has 0 aromatic heterocycles. The fourth-order valence-corrected chi connectivity index (χ4v) is 5.28. The maximum atomic E-state index is 6.39. The quantitative estimate of drug-likeness (QED) is 0.590. The third-order valence-electron chi connectivity index (χ3n) is 5.60. The van der Waals surface area contributed by atoms with Gasteiger partial charge in [-0.05, 0) is 64.1 Å². The molecule has 3 rings (SSSR count). The van der Waals surface area contributed by atoms with E-state index in [1.807, 2.05) is 12.1 Å². The van der Waals surface area contributed by atoms with Crippen molar-refractivity contribution < 1.29 is 0 Å². The summed E-state index contributed by atoms with van der Waals surface area (Å²) < 4.78 is 0.841. The predicted octanol–water partition coefficient (Wildman–Crippen LogP) is 6.38. The average Bonchev–Trinajstić information content (AvgIpc) is 2.85. The van der Waals surface area contributed by atoms with Gasteiger partial charge in [0.05, 0.1) is 15.7 Å². The molecule has 2 saturated carbocycles. The first-order chi connectivity index (χ1) is 9.25. The molecule has 1 nitrogen and oxygen atoms in total. The molecule has 20 heavy (non-hydrogen) atoms. The standard InChI is InChI=1S/C16H20BrCl2N/c1-15(2)9-6-7-16(3,8-9)14(15)20-11-5-4-10(17)12(18)13(11)19/h4-5,9,14,20H,6-8H2,1-3H3/t9-,14?,16+/m0/s1. The molecule has 0 amide bonds. The minimum absolute atomic E-state index is 0.301. The molecule has 1 aromatic rings. The third kappa shape index (κ3) is 2.10. The minimum Gasteiger partial charge on any atom is -0.380 e. The van der Waals surface area contributed by atoms with Gasteiger partial charge in [-0.25, -0.2) is 0 Å². The van der Waals surface area contributed by atoms with Crippen molar-refractivity contribution in [2.24, 2.45) is 16.7 Å². The molecule has 0 heterocycles. The van der Waals surface area contributed by atoms with Crippen LogP contribution in [-0.4, -0.2) is 6.04 Å². The highest BCUT2D eigenvalue weighted by molar-refractivity contribution is 9.10. The van der Waals surface area contributed by atoms with Gasteiger partial charge in [-0.3, -0.25) is 0 Å². The Hall–Kier alpha value is 0.0800. The van der Waals surface area contributed by atoms with Crippen LogP contribution >= 0.6 is 39.1 Å². The number of rotatable bonds is 2. The van der Waals surface area contributed by atoms with E-state index in [1.165, 1.54) is 19.3 Å². The van der Waals surface area contributed by atoms with Crippen LogP contribution in [0, 0.1) is 16.7 Å². The zero-order valence-corrected chi connectivity index (χ0v) is 15.2. The lowest BCUT2D eigenvalue weighted by atomic mass is 9.68. The van der Waals surface area contributed by atoms with Crippen molar-refractivity contribution in [3.8, 4) is 0 Å². The van der Waals surface area contributed by atoms with Gasteiger partial charge in [-0.15, -0.1) is 0 Å². The van der Waals surface area contributed by atoms with E-state index in [0.717, 1.165) is 16.1 Å². The SMILES string of the molecule is CC1(C)C(Nc2ccc(Br)c(Cl)c2Cl)[C@]2(C)CC[C@H]1C2. The van der Waals surface area contributed by atoms with Gasteiger partial charge in [-0.1, -0.05) is 44.0 Å². The van der Waals surface area contributed by atoms with Gasteiger partial charge in [0.2, 0.25) is 0 Å². The van der Waals surface area contributed by atoms with Crippen LogP contribution in [0.4, 0.5) is 5.69 Å². The molecule has 3 atom stereocenters. The summed E-state index contributed by atoms with van der Waals surface area (Å²) in [5, 5.41) is 4.90. The fraction of sp³-hybridized carbons (Fsp3) is 0.625. The van der Waals surface area contributed by atoms with E-state index >= 15 is 0 Å². The van der Waals surface area contributed by atoms with E-state index in [1.54, 1.807) is 0 Å². The van der Waals surface area contributed by atoms with E-state index in [4.69, 9.17) is 23.2 Å². The van der Waals surface area contributed by atoms with Gasteiger partial charge in [0.15, 0.2) is 0 Å². The monoisotopic (exact) mass is 375 g/mol. The van der Waals surface area contributed by atoms with Crippen LogP contribution < -0.4 is 5.32 Å². The summed E-state index contributed by atoms with van der Waals surface area (Å²) >= 11 is 16.0. The van der Waals surface area contributed by atoms with E-state index in [-0.39, 0.29) is 0 Å². The van der Waals surface area contributed by atoms with Gasteiger partial charge < -0.3 is 5.32 Å². The molecule has 0 aliphatic heterocycles. The number of halogens is 3. The van der Waals surface area contributed by atoms with Crippen molar-refractivity contribution in [1.29, 1.82) is 0 Å². The normalized spacial score (nSPS) is 34.5. The van der Waals surface area contributed by atoms with E-state index < -0.39 is 0 Å². The summed E-state index contributed by atoms with van der Waals surface area (Å²) in [5.74, 6) is 0.815. The molecule has 110 valence electrons. The van der Waals surface area contributed by atoms with Gasteiger partial charge in [0, 0.05) is 10.5 Å². The maximum absolute atomic E-state index is 6.39. The van der Waals surface area contributed by atoms with Crippen LogP contribution in [0.3, 0.4) is 0 Å². The first-order valence-corrected chi connectivity index (χ1v) is 8.70. The lowest BCUT2D eigenvalue weighted by Gasteiger charge is -2.43. The summed E-state index contributed by atoms with van der Waals surface area (Å²) in [5.41, 5.74) is 1.62. The predicted molar refractivity (Wildman–Crippen MR) is 90.8 cm³/mol. The molecule has 1 unspecified atom stereocenters. The van der Waals surface area contributed by atoms with Crippen LogP contribution in [0.25, 0.3) is 0 Å². The topological polar surface area (TPSA) is 12.0 Å². The van der Waals surface area contributed by atoms with Crippen molar-refractivity contribution in [2.75, 3.05) is 5.32 Å². The van der Waals surface area contributed by atoms with Crippen molar-refractivity contribution >= 4 is 44.8 Å². The Bertz CT molecular complexity index is 553. The number of nitrogens with one attached hydrogen (secondary N) is 1. The molecule has 1 aromatic carbocycles. The smallest absolute Gasteiger partial charge is 0.0835 e. The first-order valence-electron chi connectivity index (χ1n) is 7.16. The highest BCUT2D eigenvalue weighted by Crippen LogP contribution is 2.63. The van der Waals surface area contributed by atoms with Gasteiger partial charge in [0.1, 0.15) is 0 Å². The fourth-order valence-electron chi connectivity index (χ4n) is 4.46. The number of hydrogen-bond donors (Lipinski definition) is 1. The van der Waals surface area contributed by atoms with Gasteiger partial charge >= 0.3 is 0 Å². The third-order valence-corrected chi connectivity index (χ3v) is 7.38. The summed E-state index contributed by atoms with van der Waals surface area (Å²) in [6.07, 6.45) is 3.98. The summed E-state index contributed by atoms with van der Waals surface area (Å²) in [7, 11) is 0. The molecule has 0 saturated heterocycles. The van der Waals surface area contributed by atoms with Gasteiger partial charge in [-0.2, -0.15) is 0 Å². The van der Waals surface area contributed by atoms with Crippen LogP contribution in [0.2, 0.25) is 10.0 Å². The van der Waals surface area contributed by atoms with Crippen LogP contribution in [0.1, 0.15) is 40.0 Å². The van der Waals surface area contributed by atoms with E-state index in [0.29, 0.717) is 26.9 Å². The van der Waals surface area contributed by atoms with Crippen LogP contribution in [-0.2, 0) is 0 Å². The lowest BCUT2D eigenvalue weighted by molar-refractivity contribution is 0.155. The van der Waals surface area contributed by atoms with Crippen molar-refractivity contribution in [1.82, 2.24) is 0 Å². The molecule has 1 N–H and O–H groups in total. The van der Waals surface area contributed by atoms with Crippen LogP contribution in [0.15, 0.2) is 16.6 Å². The van der Waals surface area contributed by atoms with Gasteiger partial charge in [0.25, 0.3) is 0 Å². The molecule has 2 fully saturated rings. The Labute approximate surface area is 139 Å². The van der Waals surface area contributed by atoms with E-state index in [2.05, 4.69) is 42.0 Å². The highest BCUT2D eigenvalue weighted by Gasteiger charge is 2.59. The molecule has 2 aliphatic carbocycles. The van der Waals surface area contributed by atoms with E-state index in [9.17, 15) is 0 Å². The zero-order chi connectivity index (χ0) is 14.7. The lowest BCUT2D eigenvalue weighted by Crippen LogP contribution is -2.45. The molecule has 2 bridgehead atoms. The Balaban J connectivity index is 1.94. The number of hydrogen-bond acceptors (Lipinski definition) is 1.